The first-order valence-electron chi connectivity index (χ1n) is 12.6. The van der Waals surface area contributed by atoms with Crippen LogP contribution in [0.4, 0.5) is 20.2 Å². The lowest BCUT2D eigenvalue weighted by Gasteiger charge is -2.22. The van der Waals surface area contributed by atoms with Crippen LogP contribution in [0.25, 0.3) is 10.9 Å². The minimum atomic E-state index is -2.55. The third-order valence-corrected chi connectivity index (χ3v) is 7.08. The Morgan fingerprint density at radius 3 is 2.59 bits per heavy atom. The van der Waals surface area contributed by atoms with Crippen molar-refractivity contribution in [2.75, 3.05) is 17.2 Å². The van der Waals surface area contributed by atoms with Crippen molar-refractivity contribution in [1.82, 2.24) is 25.0 Å². The Labute approximate surface area is 229 Å². The van der Waals surface area contributed by atoms with E-state index in [1.807, 2.05) is 6.07 Å². The molecule has 1 aromatic carbocycles. The molecule has 0 spiro atoms. The van der Waals surface area contributed by atoms with Gasteiger partial charge in [0.1, 0.15) is 34.8 Å². The van der Waals surface area contributed by atoms with Crippen LogP contribution in [0.5, 0.6) is 0 Å². The number of oxazole rings is 1. The van der Waals surface area contributed by atoms with Crippen molar-refractivity contribution in [2.45, 2.75) is 65.5 Å². The molecule has 5 rings (SSSR count). The molecule has 9 nitrogen and oxygen atoms in total. The van der Waals surface area contributed by atoms with E-state index in [0.717, 1.165) is 0 Å². The molecule has 12 heteroatoms. The second kappa shape index (κ2) is 9.75. The smallest absolute Gasteiger partial charge is 0.263 e. The molecule has 4 aromatic rings. The molecule has 0 radical (unpaired) electrons. The van der Waals surface area contributed by atoms with Crippen LogP contribution in [0.3, 0.4) is 0 Å². The minimum absolute atomic E-state index is 0.0433. The number of pyridine rings is 1. The lowest BCUT2D eigenvalue weighted by molar-refractivity contribution is 0.0593. The van der Waals surface area contributed by atoms with E-state index in [9.17, 15) is 14.0 Å². The molecule has 0 amide bonds. The lowest BCUT2D eigenvalue weighted by atomic mass is 9.96. The first-order valence-corrected chi connectivity index (χ1v) is 13.0. The Bertz CT molecular complexity index is 1580. The van der Waals surface area contributed by atoms with E-state index in [4.69, 9.17) is 16.0 Å². The van der Waals surface area contributed by atoms with Gasteiger partial charge >= 0.3 is 0 Å². The van der Waals surface area contributed by atoms with Crippen LogP contribution in [0.1, 0.15) is 68.3 Å². The molecule has 0 aliphatic heterocycles. The first kappa shape index (κ1) is 26.8. The van der Waals surface area contributed by atoms with Gasteiger partial charge in [-0.3, -0.25) is 4.98 Å². The number of nitrogens with one attached hydrogen (secondary N) is 2. The highest BCUT2D eigenvalue weighted by atomic mass is 35.5. The summed E-state index contributed by atoms with van der Waals surface area (Å²) in [5.41, 5.74) is 1.76. The fourth-order valence-corrected chi connectivity index (χ4v) is 4.80. The van der Waals surface area contributed by atoms with Crippen molar-refractivity contribution < 1.29 is 13.2 Å². The number of nitrogens with zero attached hydrogens (tertiary/aromatic N) is 6. The van der Waals surface area contributed by atoms with E-state index >= 15 is 0 Å². The van der Waals surface area contributed by atoms with Crippen LogP contribution in [0.15, 0.2) is 28.9 Å². The monoisotopic (exact) mass is 554 g/mol. The highest BCUT2D eigenvalue weighted by molar-refractivity contribution is 6.35. The number of aryl methyl sites for hydroxylation is 2. The minimum Gasteiger partial charge on any atom is -0.446 e. The van der Waals surface area contributed by atoms with E-state index in [2.05, 4.69) is 57.8 Å². The normalized spacial score (nSPS) is 15.4. The maximum absolute atomic E-state index is 13.8. The average Bonchev–Trinajstić information content (AvgIpc) is 3.41. The molecule has 1 aliphatic rings. The number of hydrogen-bond donors (Lipinski definition) is 2. The van der Waals surface area contributed by atoms with Crippen molar-refractivity contribution in [3.8, 4) is 6.07 Å². The van der Waals surface area contributed by atoms with Crippen LogP contribution in [-0.4, -0.2) is 37.9 Å². The van der Waals surface area contributed by atoms with Gasteiger partial charge in [-0.25, -0.2) is 18.4 Å². The predicted octanol–water partition coefficient (Wildman–Crippen LogP) is 6.37. The predicted molar refractivity (Wildman–Crippen MR) is 144 cm³/mol. The topological polar surface area (TPSA) is 117 Å². The molecule has 1 fully saturated rings. The first-order chi connectivity index (χ1) is 18.4. The summed E-state index contributed by atoms with van der Waals surface area (Å²) in [5.74, 6) is 1.02. The van der Waals surface area contributed by atoms with Gasteiger partial charge in [-0.15, -0.1) is 5.10 Å². The van der Waals surface area contributed by atoms with Crippen molar-refractivity contribution >= 4 is 33.9 Å². The fraction of sp³-hybridized carbons (Fsp3) is 0.444. The van der Waals surface area contributed by atoms with Gasteiger partial charge in [0.15, 0.2) is 5.89 Å². The zero-order valence-corrected chi connectivity index (χ0v) is 23.1. The summed E-state index contributed by atoms with van der Waals surface area (Å²) in [6, 6.07) is 5.10. The van der Waals surface area contributed by atoms with E-state index < -0.39 is 18.0 Å². The standard InChI is InChI=1S/C27H29ClF2N8O/c1-14-21(34-15(2)39-14)24(20-12-38(37-36-20)27(6-7-27)25(29)30)35-17-8-18-22(33-13-26(3,4)5)16(10-31)11-32-23(18)19(28)9-17/h8-9,11-12,24-25,35H,6-7,13H2,1-5H3,(H,32,33). The Morgan fingerprint density at radius 2 is 2.00 bits per heavy atom. The average molecular weight is 555 g/mol. The molecular weight excluding hydrogens is 526 g/mol. The molecule has 2 N–H and O–H groups in total. The molecular formula is C27H29ClF2N8O. The van der Waals surface area contributed by atoms with E-state index in [1.54, 1.807) is 19.9 Å². The molecule has 0 saturated heterocycles. The van der Waals surface area contributed by atoms with Gasteiger partial charge in [0.05, 0.1) is 28.0 Å². The van der Waals surface area contributed by atoms with Crippen molar-refractivity contribution in [3.63, 3.8) is 0 Å². The number of fused-ring (bicyclic) bond motifs is 1. The Morgan fingerprint density at radius 1 is 1.26 bits per heavy atom. The van der Waals surface area contributed by atoms with Gasteiger partial charge in [0.2, 0.25) is 0 Å². The van der Waals surface area contributed by atoms with E-state index in [1.165, 1.54) is 17.1 Å². The number of benzene rings is 1. The van der Waals surface area contributed by atoms with Gasteiger partial charge < -0.3 is 15.1 Å². The fourth-order valence-electron chi connectivity index (χ4n) is 4.54. The maximum Gasteiger partial charge on any atom is 0.263 e. The second-order valence-corrected chi connectivity index (χ2v) is 11.6. The summed E-state index contributed by atoms with van der Waals surface area (Å²) >= 11 is 6.67. The van der Waals surface area contributed by atoms with Crippen LogP contribution in [0, 0.1) is 30.6 Å². The van der Waals surface area contributed by atoms with Gasteiger partial charge in [-0.1, -0.05) is 37.6 Å². The molecule has 0 bridgehead atoms. The number of rotatable bonds is 8. The number of anilines is 2. The quantitative estimate of drug-likeness (QED) is 0.258. The summed E-state index contributed by atoms with van der Waals surface area (Å²) in [4.78, 5) is 8.95. The number of alkyl halides is 2. The zero-order valence-electron chi connectivity index (χ0n) is 22.3. The van der Waals surface area contributed by atoms with Gasteiger partial charge in [0, 0.05) is 30.7 Å². The summed E-state index contributed by atoms with van der Waals surface area (Å²) in [6.07, 6.45) is 1.17. The van der Waals surface area contributed by atoms with Crippen molar-refractivity contribution in [3.05, 3.63) is 58.2 Å². The Balaban J connectivity index is 1.59. The van der Waals surface area contributed by atoms with Crippen molar-refractivity contribution in [1.29, 1.82) is 5.26 Å². The highest BCUT2D eigenvalue weighted by Crippen LogP contribution is 2.48. The van der Waals surface area contributed by atoms with E-state index in [0.29, 0.717) is 75.3 Å². The van der Waals surface area contributed by atoms with E-state index in [-0.39, 0.29) is 5.41 Å². The lowest BCUT2D eigenvalue weighted by Crippen LogP contribution is -2.26. The van der Waals surface area contributed by atoms with Gasteiger partial charge in [-0.2, -0.15) is 5.26 Å². The van der Waals surface area contributed by atoms with Gasteiger partial charge in [-0.05, 0) is 37.3 Å². The third kappa shape index (κ3) is 5.13. The summed E-state index contributed by atoms with van der Waals surface area (Å²) in [6.45, 7) is 10.4. The number of hydrogen-bond acceptors (Lipinski definition) is 8. The summed E-state index contributed by atoms with van der Waals surface area (Å²) < 4.78 is 34.4. The summed E-state index contributed by atoms with van der Waals surface area (Å²) in [7, 11) is 0. The molecule has 1 atom stereocenters. The van der Waals surface area contributed by atoms with Crippen LogP contribution in [0.2, 0.25) is 5.02 Å². The molecule has 1 aliphatic carbocycles. The SMILES string of the molecule is Cc1nc(C(Nc2cc(Cl)c3ncc(C#N)c(NCC(C)(C)C)c3c2)c2cn(C3(C(F)F)CC3)nn2)c(C)o1. The molecule has 3 heterocycles. The number of aromatic nitrogens is 5. The summed E-state index contributed by atoms with van der Waals surface area (Å²) in [5, 5.41) is 25.9. The van der Waals surface area contributed by atoms with Gasteiger partial charge in [0.25, 0.3) is 6.43 Å². The van der Waals surface area contributed by atoms with Crippen LogP contribution < -0.4 is 10.6 Å². The second-order valence-electron chi connectivity index (χ2n) is 11.2. The maximum atomic E-state index is 13.8. The zero-order chi connectivity index (χ0) is 28.1. The Kier molecular flexibility index (Phi) is 6.71. The highest BCUT2D eigenvalue weighted by Gasteiger charge is 2.54. The largest absolute Gasteiger partial charge is 0.446 e. The van der Waals surface area contributed by atoms with Crippen LogP contribution >= 0.6 is 11.6 Å². The number of nitriles is 1. The molecule has 1 unspecified atom stereocenters. The molecule has 204 valence electrons. The molecule has 3 aromatic heterocycles. The molecule has 1 saturated carbocycles. The molecule has 39 heavy (non-hydrogen) atoms. The van der Waals surface area contributed by atoms with Crippen LogP contribution in [-0.2, 0) is 5.54 Å². The number of halogens is 3. The third-order valence-electron chi connectivity index (χ3n) is 6.80. The van der Waals surface area contributed by atoms with Crippen molar-refractivity contribution in [2.24, 2.45) is 5.41 Å². The Hall–Kier alpha value is -3.78.